The Morgan fingerprint density at radius 1 is 1.90 bits per heavy atom. The molecule has 0 fully saturated rings. The zero-order chi connectivity index (χ0) is 8.15. The molecule has 0 aromatic rings. The lowest BCUT2D eigenvalue weighted by Gasteiger charge is -2.02. The van der Waals surface area contributed by atoms with E-state index in [4.69, 9.17) is 16.9 Å². The van der Waals surface area contributed by atoms with Gasteiger partial charge in [-0.1, -0.05) is 5.92 Å². The normalized spacial score (nSPS) is 15.0. The van der Waals surface area contributed by atoms with Gasteiger partial charge < -0.3 is 10.5 Å². The van der Waals surface area contributed by atoms with Crippen molar-refractivity contribution in [2.24, 2.45) is 0 Å². The summed E-state index contributed by atoms with van der Waals surface area (Å²) in [5.74, 6) is 2.06. The van der Waals surface area contributed by atoms with Crippen LogP contribution in [0.4, 0.5) is 0 Å². The molecule has 0 saturated carbocycles. The number of terminal acetylenes is 1. The molecule has 0 spiro atoms. The molecule has 10 heavy (non-hydrogen) atoms. The van der Waals surface area contributed by atoms with Crippen molar-refractivity contribution in [2.45, 2.75) is 6.10 Å². The molecule has 0 rings (SSSR count). The Morgan fingerprint density at radius 2 is 2.40 bits per heavy atom. The zero-order valence-electron chi connectivity index (χ0n) is 5.00. The maximum absolute atomic E-state index is 8.96. The molecule has 0 aliphatic carbocycles. The van der Waals surface area contributed by atoms with Crippen LogP contribution in [-0.2, 0) is 0 Å². The highest BCUT2D eigenvalue weighted by atomic mass is 79.9. The number of hydrogen-bond donors (Lipinski definition) is 3. The third kappa shape index (κ3) is 2.56. The lowest BCUT2D eigenvalue weighted by Crippen LogP contribution is -2.08. The van der Waals surface area contributed by atoms with E-state index >= 15 is 0 Å². The largest absolute Gasteiger partial charge is 0.376 e. The summed E-state index contributed by atoms with van der Waals surface area (Å²) < 4.78 is 0.382. The number of aliphatic hydroxyl groups is 1. The minimum absolute atomic E-state index is 0.283. The molecule has 0 bridgehead atoms. The van der Waals surface area contributed by atoms with Gasteiger partial charge in [0.1, 0.15) is 6.10 Å². The molecule has 0 aliphatic rings. The lowest BCUT2D eigenvalue weighted by molar-refractivity contribution is 0.275. The van der Waals surface area contributed by atoms with E-state index in [1.54, 1.807) is 0 Å². The molecule has 0 radical (unpaired) electrons. The van der Waals surface area contributed by atoms with Crippen molar-refractivity contribution in [3.05, 3.63) is 9.39 Å². The molecule has 0 heterocycles. The molecule has 0 aromatic carbocycles. The second-order valence-corrected chi connectivity index (χ2v) is 3.31. The monoisotopic (exact) mass is 219 g/mol. The molecule has 1 atom stereocenters. The van der Waals surface area contributed by atoms with Crippen LogP contribution in [-0.4, -0.2) is 17.4 Å². The fourth-order valence-corrected chi connectivity index (χ4v) is 0.859. The second kappa shape index (κ2) is 4.56. The Labute approximate surface area is 73.4 Å². The fraction of sp³-hybridized carbons (Fsp3) is 0.167. The van der Waals surface area contributed by atoms with Crippen LogP contribution in [0.1, 0.15) is 0 Å². The van der Waals surface area contributed by atoms with E-state index in [0.717, 1.165) is 6.21 Å². The van der Waals surface area contributed by atoms with Crippen LogP contribution in [0.25, 0.3) is 0 Å². The molecule has 2 nitrogen and oxygen atoms in total. The van der Waals surface area contributed by atoms with Gasteiger partial charge in [-0.25, -0.2) is 0 Å². The molecular formula is C6H6BrNOS. The summed E-state index contributed by atoms with van der Waals surface area (Å²) in [4.78, 5) is 0. The Balaban J connectivity index is 4.57. The Kier molecular flexibility index (Phi) is 4.45. The maximum atomic E-state index is 8.96. The van der Waals surface area contributed by atoms with Gasteiger partial charge in [-0.2, -0.15) is 0 Å². The van der Waals surface area contributed by atoms with Crippen molar-refractivity contribution in [1.29, 1.82) is 5.41 Å². The van der Waals surface area contributed by atoms with E-state index < -0.39 is 6.10 Å². The van der Waals surface area contributed by atoms with Gasteiger partial charge in [0.15, 0.2) is 0 Å². The number of halogens is 1. The summed E-state index contributed by atoms with van der Waals surface area (Å²) in [7, 11) is 0. The van der Waals surface area contributed by atoms with Gasteiger partial charge in [0.25, 0.3) is 0 Å². The summed E-state index contributed by atoms with van der Waals surface area (Å²) >= 11 is 6.84. The van der Waals surface area contributed by atoms with Crippen molar-refractivity contribution in [2.75, 3.05) is 0 Å². The summed E-state index contributed by atoms with van der Waals surface area (Å²) in [6.07, 6.45) is 4.80. The predicted molar refractivity (Wildman–Crippen MR) is 48.6 cm³/mol. The first-order valence-electron chi connectivity index (χ1n) is 2.36. The topological polar surface area (TPSA) is 44.1 Å². The van der Waals surface area contributed by atoms with Gasteiger partial charge >= 0.3 is 0 Å². The highest BCUT2D eigenvalue weighted by Crippen LogP contribution is 2.16. The molecule has 54 valence electrons. The first-order chi connectivity index (χ1) is 4.63. The fourth-order valence-electron chi connectivity index (χ4n) is 0.341. The molecule has 0 aliphatic heterocycles. The van der Waals surface area contributed by atoms with Crippen molar-refractivity contribution in [1.82, 2.24) is 0 Å². The standard InChI is InChI=1S/C6H6BrNOS/c1-2-5(9)4(3-8)6(7)10/h1,3,5,8-10H/b6-4+,8-3?. The summed E-state index contributed by atoms with van der Waals surface area (Å²) in [6, 6.07) is 0. The van der Waals surface area contributed by atoms with Gasteiger partial charge in [-0.15, -0.1) is 19.1 Å². The molecule has 4 heteroatoms. The lowest BCUT2D eigenvalue weighted by atomic mass is 10.2. The second-order valence-electron chi connectivity index (χ2n) is 1.46. The van der Waals surface area contributed by atoms with Gasteiger partial charge in [-0.3, -0.25) is 0 Å². The van der Waals surface area contributed by atoms with Crippen LogP contribution < -0.4 is 0 Å². The van der Waals surface area contributed by atoms with Gasteiger partial charge in [-0.05, 0) is 15.9 Å². The molecule has 0 aromatic heterocycles. The van der Waals surface area contributed by atoms with Gasteiger partial charge in [0.05, 0.1) is 3.81 Å². The third-order valence-electron chi connectivity index (χ3n) is 0.846. The Bertz CT molecular complexity index is 202. The molecular weight excluding hydrogens is 214 g/mol. The highest BCUT2D eigenvalue weighted by Gasteiger charge is 2.06. The summed E-state index contributed by atoms with van der Waals surface area (Å²) in [6.45, 7) is 0. The van der Waals surface area contributed by atoms with Crippen molar-refractivity contribution < 1.29 is 5.11 Å². The Morgan fingerprint density at radius 3 is 2.50 bits per heavy atom. The Hall–Kier alpha value is -0.240. The quantitative estimate of drug-likeness (QED) is 0.365. The zero-order valence-corrected chi connectivity index (χ0v) is 7.48. The van der Waals surface area contributed by atoms with Crippen molar-refractivity contribution in [3.63, 3.8) is 0 Å². The van der Waals surface area contributed by atoms with E-state index in [1.807, 2.05) is 0 Å². The van der Waals surface area contributed by atoms with Crippen LogP contribution in [0.5, 0.6) is 0 Å². The predicted octanol–water partition coefficient (Wildman–Crippen LogP) is 1.17. The SMILES string of the molecule is C#CC(O)/C(C=N)=C(/S)Br. The van der Waals surface area contributed by atoms with E-state index in [2.05, 4.69) is 34.5 Å². The highest BCUT2D eigenvalue weighted by molar-refractivity contribution is 9.13. The molecule has 1 unspecified atom stereocenters. The van der Waals surface area contributed by atoms with Crippen LogP contribution in [0.2, 0.25) is 0 Å². The van der Waals surface area contributed by atoms with Crippen LogP contribution in [0.3, 0.4) is 0 Å². The molecule has 0 amide bonds. The van der Waals surface area contributed by atoms with Crippen LogP contribution >= 0.6 is 28.6 Å². The summed E-state index contributed by atoms with van der Waals surface area (Å²) in [5.41, 5.74) is 0.283. The van der Waals surface area contributed by atoms with E-state index in [-0.39, 0.29) is 5.57 Å². The average molecular weight is 220 g/mol. The number of hydrogen-bond acceptors (Lipinski definition) is 3. The minimum atomic E-state index is -1.05. The van der Waals surface area contributed by atoms with Crippen molar-refractivity contribution >= 4 is 34.8 Å². The minimum Gasteiger partial charge on any atom is -0.376 e. The summed E-state index contributed by atoms with van der Waals surface area (Å²) in [5, 5.41) is 15.8. The average Bonchev–Trinajstić information content (AvgIpc) is 1.88. The van der Waals surface area contributed by atoms with E-state index in [0.29, 0.717) is 3.81 Å². The first kappa shape index (κ1) is 9.76. The van der Waals surface area contributed by atoms with E-state index in [1.165, 1.54) is 0 Å². The number of thiol groups is 1. The number of rotatable bonds is 2. The van der Waals surface area contributed by atoms with Gasteiger partial charge in [0.2, 0.25) is 0 Å². The van der Waals surface area contributed by atoms with Crippen LogP contribution in [0, 0.1) is 17.8 Å². The number of nitrogens with one attached hydrogen (secondary N) is 1. The maximum Gasteiger partial charge on any atom is 0.143 e. The number of aliphatic hydroxyl groups excluding tert-OH is 1. The van der Waals surface area contributed by atoms with Gasteiger partial charge in [0, 0.05) is 11.8 Å². The molecule has 2 N–H and O–H groups in total. The van der Waals surface area contributed by atoms with Crippen LogP contribution in [0.15, 0.2) is 9.39 Å². The third-order valence-corrected chi connectivity index (χ3v) is 1.56. The first-order valence-corrected chi connectivity index (χ1v) is 3.60. The smallest absolute Gasteiger partial charge is 0.143 e. The van der Waals surface area contributed by atoms with Crippen molar-refractivity contribution in [3.8, 4) is 12.3 Å². The van der Waals surface area contributed by atoms with E-state index in [9.17, 15) is 0 Å². The molecule has 0 saturated heterocycles.